The average Bonchev–Trinajstić information content (AvgIpc) is 2.83. The van der Waals surface area contributed by atoms with E-state index in [2.05, 4.69) is 19.9 Å². The Morgan fingerprint density at radius 3 is 2.52 bits per heavy atom. The van der Waals surface area contributed by atoms with Gasteiger partial charge in [0.05, 0.1) is 24.2 Å². The topological polar surface area (TPSA) is 64.2 Å². The lowest BCUT2D eigenvalue weighted by Gasteiger charge is -2.62. The highest BCUT2D eigenvalue weighted by molar-refractivity contribution is 5.14. The van der Waals surface area contributed by atoms with Crippen LogP contribution in [0.25, 0.3) is 0 Å². The fourth-order valence-corrected chi connectivity index (χ4v) is 7.57. The van der Waals surface area contributed by atoms with Crippen molar-refractivity contribution in [2.45, 2.75) is 77.4 Å². The molecule has 9 atom stereocenters. The molecular formula is C20H31NO2. The third-order valence-corrected chi connectivity index (χ3v) is 8.72. The molecule has 2 N–H and O–H groups in total. The summed E-state index contributed by atoms with van der Waals surface area (Å²) in [4.78, 5) is 0. The minimum absolute atomic E-state index is 0.0205. The van der Waals surface area contributed by atoms with E-state index in [1.54, 1.807) is 0 Å². The van der Waals surface area contributed by atoms with E-state index in [1.807, 2.05) is 0 Å². The first kappa shape index (κ1) is 15.9. The van der Waals surface area contributed by atoms with E-state index in [-0.39, 0.29) is 29.0 Å². The molecule has 23 heavy (non-hydrogen) atoms. The van der Waals surface area contributed by atoms with Gasteiger partial charge in [0.1, 0.15) is 0 Å². The molecule has 0 spiro atoms. The summed E-state index contributed by atoms with van der Waals surface area (Å²) in [6.45, 7) is 4.67. The molecule has 0 saturated heterocycles. The molecule has 0 aromatic heterocycles. The SMILES string of the molecule is C[C@]12CC[C@@H](O)CC1CC[C@@H]1C2[C@H](O)C[C@@]2(C)C1CC[C@@H]2C#N. The lowest BCUT2D eigenvalue weighted by atomic mass is 9.44. The van der Waals surface area contributed by atoms with Gasteiger partial charge in [0.15, 0.2) is 0 Å². The fraction of sp³-hybridized carbons (Fsp3) is 0.950. The predicted molar refractivity (Wildman–Crippen MR) is 88.2 cm³/mol. The maximum atomic E-state index is 11.1. The van der Waals surface area contributed by atoms with E-state index in [9.17, 15) is 15.5 Å². The summed E-state index contributed by atoms with van der Waals surface area (Å²) in [5.41, 5.74) is 0.209. The van der Waals surface area contributed by atoms with Crippen molar-refractivity contribution in [3.63, 3.8) is 0 Å². The first-order valence-corrected chi connectivity index (χ1v) is 9.66. The smallest absolute Gasteiger partial charge is 0.0661 e. The molecule has 4 saturated carbocycles. The Kier molecular flexibility index (Phi) is 3.60. The van der Waals surface area contributed by atoms with Crippen LogP contribution < -0.4 is 0 Å². The van der Waals surface area contributed by atoms with E-state index in [0.717, 1.165) is 32.1 Å². The maximum Gasteiger partial charge on any atom is 0.0661 e. The van der Waals surface area contributed by atoms with Crippen molar-refractivity contribution in [1.82, 2.24) is 0 Å². The van der Waals surface area contributed by atoms with E-state index in [0.29, 0.717) is 23.7 Å². The number of nitrogens with zero attached hydrogens (tertiary/aromatic N) is 1. The molecule has 0 heterocycles. The van der Waals surface area contributed by atoms with Crippen LogP contribution in [0.3, 0.4) is 0 Å². The van der Waals surface area contributed by atoms with Crippen molar-refractivity contribution in [3.8, 4) is 6.07 Å². The molecule has 4 rings (SSSR count). The Morgan fingerprint density at radius 2 is 1.78 bits per heavy atom. The van der Waals surface area contributed by atoms with E-state index in [1.165, 1.54) is 19.3 Å². The third kappa shape index (κ3) is 2.07. The van der Waals surface area contributed by atoms with Gasteiger partial charge in [0.25, 0.3) is 0 Å². The highest BCUT2D eigenvalue weighted by atomic mass is 16.3. The third-order valence-electron chi connectivity index (χ3n) is 8.72. The van der Waals surface area contributed by atoms with E-state index in [4.69, 9.17) is 0 Å². The summed E-state index contributed by atoms with van der Waals surface area (Å²) < 4.78 is 0. The van der Waals surface area contributed by atoms with Gasteiger partial charge in [-0.15, -0.1) is 0 Å². The van der Waals surface area contributed by atoms with Gasteiger partial charge >= 0.3 is 0 Å². The Morgan fingerprint density at radius 1 is 1.00 bits per heavy atom. The summed E-state index contributed by atoms with van der Waals surface area (Å²) in [5.74, 6) is 2.27. The van der Waals surface area contributed by atoms with E-state index < -0.39 is 0 Å². The van der Waals surface area contributed by atoms with Crippen LogP contribution in [0.15, 0.2) is 0 Å². The van der Waals surface area contributed by atoms with Crippen molar-refractivity contribution < 1.29 is 10.2 Å². The molecule has 3 unspecified atom stereocenters. The van der Waals surface area contributed by atoms with Gasteiger partial charge in [-0.2, -0.15) is 5.26 Å². The van der Waals surface area contributed by atoms with Crippen molar-refractivity contribution >= 4 is 0 Å². The van der Waals surface area contributed by atoms with Crippen LogP contribution in [-0.2, 0) is 0 Å². The molecule has 4 aliphatic carbocycles. The summed E-state index contributed by atoms with van der Waals surface area (Å²) in [5, 5.41) is 30.8. The fourth-order valence-electron chi connectivity index (χ4n) is 7.57. The minimum Gasteiger partial charge on any atom is -0.393 e. The quantitative estimate of drug-likeness (QED) is 0.718. The lowest BCUT2D eigenvalue weighted by Crippen LogP contribution is -2.59. The molecule has 0 aromatic carbocycles. The second kappa shape index (κ2) is 5.20. The second-order valence-corrected chi connectivity index (χ2v) is 9.54. The molecule has 128 valence electrons. The van der Waals surface area contributed by atoms with Crippen LogP contribution in [0.2, 0.25) is 0 Å². The lowest BCUT2D eigenvalue weighted by molar-refractivity contribution is -0.175. The standard InChI is InChI=1S/C20H31NO2/c1-19-8-7-14(22)9-12(19)3-5-15-16-6-4-13(11-21)20(16,2)10-17(23)18(15)19/h12-18,22-23H,3-10H2,1-2H3/t12?,13-,14-,15+,16?,17-,18?,19+,20-/m1/s1. The highest BCUT2D eigenvalue weighted by Crippen LogP contribution is 2.67. The Bertz CT molecular complexity index is 528. The molecule has 0 aromatic rings. The molecule has 3 nitrogen and oxygen atoms in total. The summed E-state index contributed by atoms with van der Waals surface area (Å²) in [7, 11) is 0. The number of hydrogen-bond donors (Lipinski definition) is 2. The first-order valence-electron chi connectivity index (χ1n) is 9.66. The minimum atomic E-state index is -0.266. The number of aliphatic hydroxyl groups excluding tert-OH is 2. The molecule has 3 heteroatoms. The van der Waals surface area contributed by atoms with Crippen molar-refractivity contribution in [1.29, 1.82) is 5.26 Å². The van der Waals surface area contributed by atoms with Gasteiger partial charge in [0.2, 0.25) is 0 Å². The van der Waals surface area contributed by atoms with Crippen LogP contribution in [-0.4, -0.2) is 22.4 Å². The summed E-state index contributed by atoms with van der Waals surface area (Å²) in [6, 6.07) is 2.55. The van der Waals surface area contributed by atoms with Crippen molar-refractivity contribution in [2.75, 3.05) is 0 Å². The second-order valence-electron chi connectivity index (χ2n) is 9.54. The number of nitriles is 1. The summed E-state index contributed by atoms with van der Waals surface area (Å²) in [6.07, 6.45) is 7.87. The largest absolute Gasteiger partial charge is 0.393 e. The average molecular weight is 317 g/mol. The molecule has 0 bridgehead atoms. The van der Waals surface area contributed by atoms with Gasteiger partial charge in [-0.05, 0) is 85.9 Å². The van der Waals surface area contributed by atoms with Crippen LogP contribution in [0.1, 0.15) is 65.2 Å². The first-order chi connectivity index (χ1) is 10.9. The maximum absolute atomic E-state index is 11.1. The van der Waals surface area contributed by atoms with Gasteiger partial charge < -0.3 is 10.2 Å². The van der Waals surface area contributed by atoms with Gasteiger partial charge in [-0.1, -0.05) is 13.8 Å². The Hall–Kier alpha value is -0.590. The zero-order chi connectivity index (χ0) is 16.4. The number of fused-ring (bicyclic) bond motifs is 5. The van der Waals surface area contributed by atoms with Crippen LogP contribution in [0.5, 0.6) is 0 Å². The zero-order valence-corrected chi connectivity index (χ0v) is 14.5. The molecule has 4 fully saturated rings. The van der Waals surface area contributed by atoms with Crippen LogP contribution in [0, 0.1) is 51.8 Å². The molecule has 4 aliphatic rings. The van der Waals surface area contributed by atoms with E-state index >= 15 is 0 Å². The normalized spacial score (nSPS) is 58.7. The van der Waals surface area contributed by atoms with Gasteiger partial charge in [-0.3, -0.25) is 0 Å². The summed E-state index contributed by atoms with van der Waals surface area (Å²) >= 11 is 0. The van der Waals surface area contributed by atoms with Crippen molar-refractivity contribution in [3.05, 3.63) is 0 Å². The van der Waals surface area contributed by atoms with Gasteiger partial charge in [-0.25, -0.2) is 0 Å². The highest BCUT2D eigenvalue weighted by Gasteiger charge is 2.63. The zero-order valence-electron chi connectivity index (χ0n) is 14.5. The number of rotatable bonds is 0. The van der Waals surface area contributed by atoms with Crippen LogP contribution >= 0.6 is 0 Å². The number of aliphatic hydroxyl groups is 2. The van der Waals surface area contributed by atoms with Crippen molar-refractivity contribution in [2.24, 2.45) is 40.4 Å². The molecular weight excluding hydrogens is 286 g/mol. The Balaban J connectivity index is 1.68. The van der Waals surface area contributed by atoms with Gasteiger partial charge in [0, 0.05) is 0 Å². The number of hydrogen-bond acceptors (Lipinski definition) is 3. The molecule has 0 radical (unpaired) electrons. The van der Waals surface area contributed by atoms with Crippen LogP contribution in [0.4, 0.5) is 0 Å². The monoisotopic (exact) mass is 317 g/mol. The Labute approximate surface area is 140 Å². The predicted octanol–water partition coefficient (Wildman–Crippen LogP) is 3.50. The molecule has 0 aliphatic heterocycles. The molecule has 0 amide bonds.